The fourth-order valence-electron chi connectivity index (χ4n) is 1.88. The van der Waals surface area contributed by atoms with Crippen LogP contribution in [0.2, 0.25) is 0 Å². The molecule has 1 aromatic carbocycles. The average Bonchev–Trinajstić information content (AvgIpc) is 2.33. The predicted octanol–water partition coefficient (Wildman–Crippen LogP) is 2.85. The summed E-state index contributed by atoms with van der Waals surface area (Å²) in [6.45, 7) is 3.30. The van der Waals surface area contributed by atoms with E-state index < -0.39 is 22.7 Å². The summed E-state index contributed by atoms with van der Waals surface area (Å²) < 4.78 is 62.9. The number of aryl methyl sites for hydroxylation is 1. The molecule has 0 spiro atoms. The van der Waals surface area contributed by atoms with Crippen LogP contribution in [0.5, 0.6) is 0 Å². The van der Waals surface area contributed by atoms with Crippen LogP contribution >= 0.6 is 0 Å². The van der Waals surface area contributed by atoms with Gasteiger partial charge in [0.25, 0.3) is 0 Å². The Hall–Kier alpha value is -1.28. The topological polar surface area (TPSA) is 63.4 Å². The molecule has 0 atom stereocenters. The molecule has 2 N–H and O–H groups in total. The summed E-state index contributed by atoms with van der Waals surface area (Å²) in [7, 11) is -4.22. The third kappa shape index (κ3) is 4.34. The summed E-state index contributed by atoms with van der Waals surface area (Å²) in [6.07, 6.45) is -4.30. The summed E-state index contributed by atoms with van der Waals surface area (Å²) in [4.78, 5) is -0.208. The first-order chi connectivity index (χ1) is 9.49. The highest BCUT2D eigenvalue weighted by atomic mass is 32.2. The molecule has 0 saturated carbocycles. The molecule has 0 unspecified atom stereocenters. The SMILES string of the molecule is CCCN(CC(F)(F)F)S(=O)(=O)c1cc(C)c(C)c(N)c1. The second kappa shape index (κ2) is 6.23. The predicted molar refractivity (Wildman–Crippen MR) is 75.4 cm³/mol. The average molecular weight is 324 g/mol. The van der Waals surface area contributed by atoms with Gasteiger partial charge in [-0.1, -0.05) is 6.92 Å². The highest BCUT2D eigenvalue weighted by molar-refractivity contribution is 7.89. The van der Waals surface area contributed by atoms with E-state index >= 15 is 0 Å². The van der Waals surface area contributed by atoms with Gasteiger partial charge in [0.2, 0.25) is 10.0 Å². The minimum atomic E-state index is -4.59. The van der Waals surface area contributed by atoms with Crippen molar-refractivity contribution >= 4 is 15.7 Å². The van der Waals surface area contributed by atoms with E-state index in [0.717, 1.165) is 0 Å². The fraction of sp³-hybridized carbons (Fsp3) is 0.538. The van der Waals surface area contributed by atoms with Crippen LogP contribution < -0.4 is 5.73 Å². The number of hydrogen-bond acceptors (Lipinski definition) is 3. The van der Waals surface area contributed by atoms with Crippen LogP contribution in [0.3, 0.4) is 0 Å². The molecule has 0 aliphatic rings. The van der Waals surface area contributed by atoms with Crippen LogP contribution in [0.4, 0.5) is 18.9 Å². The van der Waals surface area contributed by atoms with Gasteiger partial charge in [0.1, 0.15) is 6.54 Å². The van der Waals surface area contributed by atoms with Gasteiger partial charge in [0.15, 0.2) is 0 Å². The minimum absolute atomic E-state index is 0.200. The molecule has 0 aliphatic heterocycles. The maximum absolute atomic E-state index is 12.6. The van der Waals surface area contributed by atoms with E-state index in [2.05, 4.69) is 0 Å². The second-order valence-electron chi connectivity index (χ2n) is 4.91. The van der Waals surface area contributed by atoms with E-state index in [-0.39, 0.29) is 23.5 Å². The van der Waals surface area contributed by atoms with Gasteiger partial charge in [-0.25, -0.2) is 8.42 Å². The van der Waals surface area contributed by atoms with Gasteiger partial charge >= 0.3 is 6.18 Å². The molecule has 0 bridgehead atoms. The Balaban J connectivity index is 3.29. The third-order valence-electron chi connectivity index (χ3n) is 3.15. The lowest BCUT2D eigenvalue weighted by atomic mass is 10.1. The van der Waals surface area contributed by atoms with Crippen molar-refractivity contribution in [2.45, 2.75) is 38.3 Å². The molecule has 8 heteroatoms. The minimum Gasteiger partial charge on any atom is -0.398 e. The molecular formula is C13H19F3N2O2S. The van der Waals surface area contributed by atoms with Crippen LogP contribution in [0, 0.1) is 13.8 Å². The number of sulfonamides is 1. The first-order valence-electron chi connectivity index (χ1n) is 6.42. The van der Waals surface area contributed by atoms with Crippen LogP contribution in [-0.2, 0) is 10.0 Å². The number of nitrogens with zero attached hydrogens (tertiary/aromatic N) is 1. The summed E-state index contributed by atoms with van der Waals surface area (Å²) >= 11 is 0. The van der Waals surface area contributed by atoms with Crippen molar-refractivity contribution < 1.29 is 21.6 Å². The highest BCUT2D eigenvalue weighted by Crippen LogP contribution is 2.26. The van der Waals surface area contributed by atoms with Crippen LogP contribution in [0.25, 0.3) is 0 Å². The Labute approximate surface area is 122 Å². The molecule has 21 heavy (non-hydrogen) atoms. The quantitative estimate of drug-likeness (QED) is 0.847. The van der Waals surface area contributed by atoms with Gasteiger partial charge in [-0.3, -0.25) is 0 Å². The normalized spacial score (nSPS) is 12.9. The van der Waals surface area contributed by atoms with Crippen molar-refractivity contribution in [1.29, 1.82) is 0 Å². The van der Waals surface area contributed by atoms with Gasteiger partial charge in [0, 0.05) is 12.2 Å². The molecule has 0 aromatic heterocycles. The largest absolute Gasteiger partial charge is 0.402 e. The smallest absolute Gasteiger partial charge is 0.398 e. The Morgan fingerprint density at radius 1 is 1.24 bits per heavy atom. The van der Waals surface area contributed by atoms with Gasteiger partial charge in [-0.2, -0.15) is 17.5 Å². The first kappa shape index (κ1) is 17.8. The van der Waals surface area contributed by atoms with Gasteiger partial charge in [-0.15, -0.1) is 0 Å². The van der Waals surface area contributed by atoms with Crippen LogP contribution in [0.1, 0.15) is 24.5 Å². The standard InChI is InChI=1S/C13H19F3N2O2S/c1-4-5-18(8-13(14,15)16)21(19,20)11-6-9(2)10(3)12(17)7-11/h6-7H,4-5,8,17H2,1-3H3. The number of anilines is 1. The highest BCUT2D eigenvalue weighted by Gasteiger charge is 2.36. The summed E-state index contributed by atoms with van der Waals surface area (Å²) in [5, 5.41) is 0. The van der Waals surface area contributed by atoms with Crippen molar-refractivity contribution in [1.82, 2.24) is 4.31 Å². The molecule has 0 heterocycles. The number of hydrogen-bond donors (Lipinski definition) is 1. The maximum Gasteiger partial charge on any atom is 0.402 e. The lowest BCUT2D eigenvalue weighted by molar-refractivity contribution is -0.136. The Morgan fingerprint density at radius 3 is 2.24 bits per heavy atom. The Kier molecular flexibility index (Phi) is 5.27. The van der Waals surface area contributed by atoms with E-state index in [1.54, 1.807) is 20.8 Å². The van der Waals surface area contributed by atoms with E-state index in [1.807, 2.05) is 0 Å². The van der Waals surface area contributed by atoms with Gasteiger partial charge in [0.05, 0.1) is 4.90 Å². The van der Waals surface area contributed by atoms with Gasteiger partial charge < -0.3 is 5.73 Å². The summed E-state index contributed by atoms with van der Waals surface area (Å²) in [5.74, 6) is 0. The zero-order valence-electron chi connectivity index (χ0n) is 12.2. The number of rotatable bonds is 5. The summed E-state index contributed by atoms with van der Waals surface area (Å²) in [5.41, 5.74) is 7.30. The van der Waals surface area contributed by atoms with E-state index in [1.165, 1.54) is 12.1 Å². The lowest BCUT2D eigenvalue weighted by Gasteiger charge is -2.23. The lowest BCUT2D eigenvalue weighted by Crippen LogP contribution is -2.39. The molecule has 120 valence electrons. The second-order valence-corrected chi connectivity index (χ2v) is 6.85. The van der Waals surface area contributed by atoms with E-state index in [0.29, 0.717) is 15.4 Å². The molecule has 0 aliphatic carbocycles. The Bertz CT molecular complexity index is 589. The van der Waals surface area contributed by atoms with E-state index in [4.69, 9.17) is 5.73 Å². The molecule has 0 saturated heterocycles. The maximum atomic E-state index is 12.6. The van der Waals surface area contributed by atoms with E-state index in [9.17, 15) is 21.6 Å². The fourth-order valence-corrected chi connectivity index (χ4v) is 3.52. The van der Waals surface area contributed by atoms with Crippen molar-refractivity contribution in [3.8, 4) is 0 Å². The van der Waals surface area contributed by atoms with Gasteiger partial charge in [-0.05, 0) is 43.5 Å². The third-order valence-corrected chi connectivity index (χ3v) is 4.97. The zero-order valence-corrected chi connectivity index (χ0v) is 13.0. The molecular weight excluding hydrogens is 305 g/mol. The molecule has 1 rings (SSSR count). The Morgan fingerprint density at radius 2 is 1.81 bits per heavy atom. The van der Waals surface area contributed by atoms with Crippen molar-refractivity contribution in [3.63, 3.8) is 0 Å². The molecule has 0 radical (unpaired) electrons. The zero-order chi connectivity index (χ0) is 16.4. The number of nitrogen functional groups attached to an aromatic ring is 1. The first-order valence-corrected chi connectivity index (χ1v) is 7.86. The number of nitrogens with two attached hydrogens (primary N) is 1. The summed E-state index contributed by atoms with van der Waals surface area (Å²) in [6, 6.07) is 2.55. The van der Waals surface area contributed by atoms with Crippen molar-refractivity contribution in [2.24, 2.45) is 0 Å². The number of benzene rings is 1. The molecule has 0 fully saturated rings. The molecule has 1 aromatic rings. The van der Waals surface area contributed by atoms with Crippen molar-refractivity contribution in [3.05, 3.63) is 23.3 Å². The number of alkyl halides is 3. The monoisotopic (exact) mass is 324 g/mol. The number of halogens is 3. The van der Waals surface area contributed by atoms with Crippen LogP contribution in [0.15, 0.2) is 17.0 Å². The molecule has 0 amide bonds. The van der Waals surface area contributed by atoms with Crippen LogP contribution in [-0.4, -0.2) is 32.0 Å². The van der Waals surface area contributed by atoms with Crippen molar-refractivity contribution in [2.75, 3.05) is 18.8 Å². The molecule has 4 nitrogen and oxygen atoms in total.